The zero-order valence-electron chi connectivity index (χ0n) is 6.13. The Morgan fingerprint density at radius 3 is 3.00 bits per heavy atom. The number of nitrogens with two attached hydrogens (primary N) is 1. The number of hydrogen-bond donors (Lipinski definition) is 1. The summed E-state index contributed by atoms with van der Waals surface area (Å²) < 4.78 is 4.48. The fourth-order valence-corrected chi connectivity index (χ4v) is 0.729. The Bertz CT molecular complexity index is 271. The highest BCUT2D eigenvalue weighted by Crippen LogP contribution is 2.10. The van der Waals surface area contributed by atoms with Crippen LogP contribution in [-0.2, 0) is 4.74 Å². The Labute approximate surface area is 64.8 Å². The largest absolute Gasteiger partial charge is 0.465 e. The van der Waals surface area contributed by atoms with Gasteiger partial charge >= 0.3 is 5.97 Å². The van der Waals surface area contributed by atoms with Crippen LogP contribution in [0.2, 0.25) is 0 Å². The molecule has 3 nitrogen and oxygen atoms in total. The van der Waals surface area contributed by atoms with E-state index >= 15 is 0 Å². The maximum atomic E-state index is 10.9. The fraction of sp³-hybridized carbons (Fsp3) is 0.125. The van der Waals surface area contributed by atoms with Gasteiger partial charge in [-0.2, -0.15) is 0 Å². The number of hydrogen-bond acceptors (Lipinski definition) is 3. The first-order valence-electron chi connectivity index (χ1n) is 3.09. The lowest BCUT2D eigenvalue weighted by molar-refractivity contribution is 0.0602. The molecule has 0 heterocycles. The Morgan fingerprint density at radius 2 is 2.45 bits per heavy atom. The molecule has 0 aliphatic carbocycles. The zero-order chi connectivity index (χ0) is 8.27. The zero-order valence-corrected chi connectivity index (χ0v) is 6.13. The van der Waals surface area contributed by atoms with Gasteiger partial charge in [0.15, 0.2) is 0 Å². The third-order valence-electron chi connectivity index (χ3n) is 1.30. The Morgan fingerprint density at radius 1 is 1.73 bits per heavy atom. The van der Waals surface area contributed by atoms with Gasteiger partial charge < -0.3 is 10.5 Å². The van der Waals surface area contributed by atoms with Gasteiger partial charge in [0.2, 0.25) is 0 Å². The van der Waals surface area contributed by atoms with Crippen LogP contribution in [0.1, 0.15) is 10.4 Å². The first kappa shape index (κ1) is 7.60. The maximum Gasteiger partial charge on any atom is 0.339 e. The quantitative estimate of drug-likeness (QED) is 0.477. The van der Waals surface area contributed by atoms with E-state index in [1.54, 1.807) is 12.1 Å². The highest BCUT2D eigenvalue weighted by atomic mass is 16.5. The molecule has 11 heavy (non-hydrogen) atoms. The van der Waals surface area contributed by atoms with Crippen LogP contribution in [0, 0.1) is 6.07 Å². The lowest BCUT2D eigenvalue weighted by Gasteiger charge is -2.00. The number of esters is 1. The minimum Gasteiger partial charge on any atom is -0.465 e. The van der Waals surface area contributed by atoms with E-state index in [1.807, 2.05) is 0 Å². The second-order valence-electron chi connectivity index (χ2n) is 2.00. The van der Waals surface area contributed by atoms with Crippen molar-refractivity contribution in [3.05, 3.63) is 29.8 Å². The van der Waals surface area contributed by atoms with Crippen LogP contribution in [-0.4, -0.2) is 13.1 Å². The van der Waals surface area contributed by atoms with Crippen molar-refractivity contribution in [2.45, 2.75) is 0 Å². The van der Waals surface area contributed by atoms with Crippen molar-refractivity contribution in [2.24, 2.45) is 0 Å². The average molecular weight is 150 g/mol. The predicted octanol–water partition coefficient (Wildman–Crippen LogP) is 0.856. The lowest BCUT2D eigenvalue weighted by atomic mass is 10.2. The molecule has 2 N–H and O–H groups in total. The minimum absolute atomic E-state index is 0.356. The molecule has 3 heteroatoms. The Balaban J connectivity index is 3.03. The highest BCUT2D eigenvalue weighted by Gasteiger charge is 2.06. The summed E-state index contributed by atoms with van der Waals surface area (Å²) in [6.45, 7) is 0. The molecule has 0 bridgehead atoms. The van der Waals surface area contributed by atoms with Gasteiger partial charge in [-0.1, -0.05) is 6.07 Å². The van der Waals surface area contributed by atoms with Crippen molar-refractivity contribution in [3.63, 3.8) is 0 Å². The maximum absolute atomic E-state index is 10.9. The third kappa shape index (κ3) is 1.49. The molecule has 0 aliphatic heterocycles. The molecule has 0 spiro atoms. The van der Waals surface area contributed by atoms with Gasteiger partial charge in [0.05, 0.1) is 12.7 Å². The van der Waals surface area contributed by atoms with E-state index in [-0.39, 0.29) is 0 Å². The predicted molar refractivity (Wildman–Crippen MR) is 41.0 cm³/mol. The lowest BCUT2D eigenvalue weighted by Crippen LogP contribution is -2.04. The molecule has 0 fully saturated rings. The smallest absolute Gasteiger partial charge is 0.339 e. The molecule has 57 valence electrons. The van der Waals surface area contributed by atoms with Crippen molar-refractivity contribution in [2.75, 3.05) is 12.8 Å². The van der Waals surface area contributed by atoms with Gasteiger partial charge in [-0.3, -0.25) is 0 Å². The fourth-order valence-electron chi connectivity index (χ4n) is 0.729. The Hall–Kier alpha value is -1.51. The number of rotatable bonds is 1. The molecule has 0 amide bonds. The summed E-state index contributed by atoms with van der Waals surface area (Å²) in [5.41, 5.74) is 6.25. The van der Waals surface area contributed by atoms with E-state index in [0.29, 0.717) is 11.3 Å². The normalized spacial score (nSPS) is 9.18. The van der Waals surface area contributed by atoms with E-state index < -0.39 is 5.97 Å². The van der Waals surface area contributed by atoms with Crippen LogP contribution in [0.25, 0.3) is 0 Å². The molecule has 0 aliphatic rings. The molecule has 0 aromatic heterocycles. The molecule has 1 rings (SSSR count). The van der Waals surface area contributed by atoms with E-state index in [2.05, 4.69) is 10.8 Å². The number of anilines is 1. The van der Waals surface area contributed by atoms with Crippen LogP contribution in [0.4, 0.5) is 5.69 Å². The number of carbonyl (C=O) groups excluding carboxylic acids is 1. The summed E-state index contributed by atoms with van der Waals surface area (Å²) in [5, 5.41) is 0. The number of nitrogen functional groups attached to an aromatic ring is 1. The van der Waals surface area contributed by atoms with Gasteiger partial charge in [0.1, 0.15) is 0 Å². The van der Waals surface area contributed by atoms with Crippen LogP contribution in [0.15, 0.2) is 18.2 Å². The van der Waals surface area contributed by atoms with Crippen molar-refractivity contribution < 1.29 is 9.53 Å². The minimum atomic E-state index is -0.431. The molecule has 1 aromatic rings. The number of ether oxygens (including phenoxy) is 1. The number of benzene rings is 1. The molecule has 0 saturated carbocycles. The van der Waals surface area contributed by atoms with Crippen molar-refractivity contribution in [1.82, 2.24) is 0 Å². The van der Waals surface area contributed by atoms with Crippen molar-refractivity contribution in [1.29, 1.82) is 0 Å². The molecular weight excluding hydrogens is 142 g/mol. The monoisotopic (exact) mass is 150 g/mol. The first-order chi connectivity index (χ1) is 5.25. The summed E-state index contributed by atoms with van der Waals surface area (Å²) in [5.74, 6) is -0.431. The molecule has 1 aromatic carbocycles. The number of methoxy groups -OCH3 is 1. The molecule has 0 saturated heterocycles. The van der Waals surface area contributed by atoms with Gasteiger partial charge in [-0.05, 0) is 18.2 Å². The molecular formula is C8H8NO2. The van der Waals surface area contributed by atoms with Gasteiger partial charge in [-0.15, -0.1) is 0 Å². The van der Waals surface area contributed by atoms with E-state index in [0.717, 1.165) is 0 Å². The summed E-state index contributed by atoms with van der Waals surface area (Å²) in [6.07, 6.45) is 0. The Kier molecular flexibility index (Phi) is 2.11. The average Bonchev–Trinajstić information content (AvgIpc) is 2.04. The summed E-state index contributed by atoms with van der Waals surface area (Å²) in [6, 6.07) is 7.48. The summed E-state index contributed by atoms with van der Waals surface area (Å²) in [4.78, 5) is 10.9. The van der Waals surface area contributed by atoms with E-state index in [4.69, 9.17) is 5.73 Å². The topological polar surface area (TPSA) is 52.3 Å². The van der Waals surface area contributed by atoms with E-state index in [1.165, 1.54) is 13.2 Å². The van der Waals surface area contributed by atoms with E-state index in [9.17, 15) is 4.79 Å². The van der Waals surface area contributed by atoms with Gasteiger partial charge in [0.25, 0.3) is 0 Å². The molecule has 1 radical (unpaired) electrons. The van der Waals surface area contributed by atoms with Gasteiger partial charge in [0, 0.05) is 5.69 Å². The highest BCUT2D eigenvalue weighted by molar-refractivity contribution is 5.94. The molecule has 0 atom stereocenters. The SMILES string of the molecule is COC(=O)c1c[c]ccc1N. The van der Waals surface area contributed by atoms with Crippen LogP contribution >= 0.6 is 0 Å². The van der Waals surface area contributed by atoms with Crippen LogP contribution < -0.4 is 5.73 Å². The molecule has 0 unspecified atom stereocenters. The summed E-state index contributed by atoms with van der Waals surface area (Å²) >= 11 is 0. The van der Waals surface area contributed by atoms with Crippen molar-refractivity contribution in [3.8, 4) is 0 Å². The standard InChI is InChI=1S/C8H8NO2/c1-11-8(10)6-4-2-3-5-7(6)9/h3-5H,9H2,1H3. The second kappa shape index (κ2) is 3.05. The summed E-state index contributed by atoms with van der Waals surface area (Å²) in [7, 11) is 1.31. The van der Waals surface area contributed by atoms with Crippen molar-refractivity contribution >= 4 is 11.7 Å². The number of carbonyl (C=O) groups is 1. The van der Waals surface area contributed by atoms with Crippen LogP contribution in [0.5, 0.6) is 0 Å². The van der Waals surface area contributed by atoms with Crippen LogP contribution in [0.3, 0.4) is 0 Å². The first-order valence-corrected chi connectivity index (χ1v) is 3.09. The second-order valence-corrected chi connectivity index (χ2v) is 2.00. The van der Waals surface area contributed by atoms with Gasteiger partial charge in [-0.25, -0.2) is 4.79 Å². The third-order valence-corrected chi connectivity index (χ3v) is 1.30.